The molecule has 0 amide bonds. The Morgan fingerprint density at radius 3 is 2.40 bits per heavy atom. The van der Waals surface area contributed by atoms with Gasteiger partial charge in [0.1, 0.15) is 5.82 Å². The molecule has 0 bridgehead atoms. The minimum atomic E-state index is -4.40. The fourth-order valence-corrected chi connectivity index (χ4v) is 5.62. The van der Waals surface area contributed by atoms with Crippen LogP contribution in [0.5, 0.6) is 0 Å². The highest BCUT2D eigenvalue weighted by atomic mass is 35.5. The van der Waals surface area contributed by atoms with E-state index in [1.807, 2.05) is 95.4 Å². The Labute approximate surface area is 244 Å². The van der Waals surface area contributed by atoms with Crippen molar-refractivity contribution >= 4 is 61.9 Å². The number of hydrogen-bond donors (Lipinski definition) is 0. The van der Waals surface area contributed by atoms with Crippen molar-refractivity contribution in [3.63, 3.8) is 0 Å². The molecule has 2 heterocycles. The van der Waals surface area contributed by atoms with Crippen molar-refractivity contribution in [1.29, 1.82) is 0 Å². The highest BCUT2D eigenvalue weighted by Gasteiger charge is 2.29. The SMILES string of the molecule is CCN1C(=CC=Cc2oc3ccc(-c4ccccc4)cc3[n+]2CCC(C)S(=O)(=O)[O-])N(C)c2cc(Cl)c(Cl)cc21. The van der Waals surface area contributed by atoms with E-state index in [2.05, 4.69) is 11.8 Å². The summed E-state index contributed by atoms with van der Waals surface area (Å²) in [6.45, 7) is 4.52. The minimum Gasteiger partial charge on any atom is -0.748 e. The molecule has 0 N–H and O–H groups in total. The lowest BCUT2D eigenvalue weighted by atomic mass is 10.1. The van der Waals surface area contributed by atoms with E-state index in [1.54, 1.807) is 0 Å². The molecule has 1 unspecified atom stereocenters. The summed E-state index contributed by atoms with van der Waals surface area (Å²) in [5.41, 5.74) is 5.46. The second-order valence-corrected chi connectivity index (χ2v) is 12.3. The Morgan fingerprint density at radius 2 is 1.73 bits per heavy atom. The number of aromatic nitrogens is 1. The van der Waals surface area contributed by atoms with Gasteiger partial charge in [0.05, 0.1) is 42.9 Å². The predicted molar refractivity (Wildman–Crippen MR) is 161 cm³/mol. The molecule has 1 atom stereocenters. The van der Waals surface area contributed by atoms with Gasteiger partial charge in [-0.2, -0.15) is 4.57 Å². The molecular formula is C30H29Cl2N3O4S. The molecule has 7 nitrogen and oxygen atoms in total. The zero-order valence-corrected chi connectivity index (χ0v) is 24.7. The maximum absolute atomic E-state index is 11.6. The molecule has 3 aromatic carbocycles. The summed E-state index contributed by atoms with van der Waals surface area (Å²) < 4.78 is 42.9. The monoisotopic (exact) mass is 597 g/mol. The molecule has 1 aliphatic heterocycles. The second kappa shape index (κ2) is 11.3. The number of hydrogen-bond acceptors (Lipinski definition) is 6. The molecule has 10 heteroatoms. The minimum absolute atomic E-state index is 0.159. The molecule has 0 fully saturated rings. The van der Waals surface area contributed by atoms with Gasteiger partial charge in [-0.15, -0.1) is 0 Å². The molecule has 0 spiro atoms. The van der Waals surface area contributed by atoms with Crippen molar-refractivity contribution in [3.05, 3.63) is 94.6 Å². The standard InChI is InChI=1S/C30H29Cl2N3O4S/c1-4-34-26-19-24(32)23(31)18-25(26)33(3)29(34)11-8-12-30-35(16-15-20(2)40(36,37)38)27-17-22(13-14-28(27)39-30)21-9-6-5-7-10-21/h5-14,17-20H,4,15-16H2,1-3H3. The van der Waals surface area contributed by atoms with Gasteiger partial charge in [-0.3, -0.25) is 0 Å². The molecule has 4 aromatic rings. The maximum atomic E-state index is 11.6. The van der Waals surface area contributed by atoms with Crippen LogP contribution in [0.25, 0.3) is 28.3 Å². The summed E-state index contributed by atoms with van der Waals surface area (Å²) in [6, 6.07) is 19.6. The van der Waals surface area contributed by atoms with Crippen LogP contribution in [-0.4, -0.2) is 31.8 Å². The van der Waals surface area contributed by atoms with Gasteiger partial charge in [-0.25, -0.2) is 8.42 Å². The Morgan fingerprint density at radius 1 is 1.02 bits per heavy atom. The summed E-state index contributed by atoms with van der Waals surface area (Å²) >= 11 is 12.6. The Balaban J connectivity index is 1.53. The lowest BCUT2D eigenvalue weighted by Crippen LogP contribution is -2.37. The maximum Gasteiger partial charge on any atom is 0.374 e. The Bertz CT molecular complexity index is 1730. The number of nitrogens with zero attached hydrogens (tertiary/aromatic N) is 3. The molecule has 0 aliphatic carbocycles. The third kappa shape index (κ3) is 5.49. The van der Waals surface area contributed by atoms with Crippen LogP contribution in [0.4, 0.5) is 11.4 Å². The van der Waals surface area contributed by atoms with E-state index in [4.69, 9.17) is 27.6 Å². The number of fused-ring (bicyclic) bond motifs is 2. The van der Waals surface area contributed by atoms with Gasteiger partial charge in [-0.1, -0.05) is 59.6 Å². The van der Waals surface area contributed by atoms with E-state index < -0.39 is 15.4 Å². The first-order chi connectivity index (χ1) is 19.1. The van der Waals surface area contributed by atoms with Crippen LogP contribution in [0.3, 0.4) is 0 Å². The molecular weight excluding hydrogens is 569 g/mol. The molecule has 1 aliphatic rings. The molecule has 5 rings (SSSR count). The highest BCUT2D eigenvalue weighted by Crippen LogP contribution is 2.44. The lowest BCUT2D eigenvalue weighted by molar-refractivity contribution is -0.678. The normalized spacial score (nSPS) is 15.5. The van der Waals surface area contributed by atoms with E-state index in [0.717, 1.165) is 40.4 Å². The van der Waals surface area contributed by atoms with Crippen LogP contribution < -0.4 is 14.4 Å². The van der Waals surface area contributed by atoms with Gasteiger partial charge in [0.25, 0.3) is 5.52 Å². The van der Waals surface area contributed by atoms with E-state index in [1.165, 1.54) is 6.92 Å². The van der Waals surface area contributed by atoms with Crippen molar-refractivity contribution in [2.24, 2.45) is 0 Å². The van der Waals surface area contributed by atoms with Gasteiger partial charge in [-0.05, 0) is 55.3 Å². The molecule has 0 saturated heterocycles. The summed E-state index contributed by atoms with van der Waals surface area (Å²) in [5.74, 6) is 1.48. The fourth-order valence-electron chi connectivity index (χ4n) is 4.91. The molecule has 40 heavy (non-hydrogen) atoms. The van der Waals surface area contributed by atoms with Crippen molar-refractivity contribution in [2.45, 2.75) is 32.1 Å². The zero-order valence-electron chi connectivity index (χ0n) is 22.3. The van der Waals surface area contributed by atoms with E-state index in [9.17, 15) is 13.0 Å². The first-order valence-electron chi connectivity index (χ1n) is 12.9. The number of halogens is 2. The molecule has 208 valence electrons. The van der Waals surface area contributed by atoms with E-state index >= 15 is 0 Å². The predicted octanol–water partition coefficient (Wildman–Crippen LogP) is 6.85. The topological polar surface area (TPSA) is 80.7 Å². The second-order valence-electron chi connectivity index (χ2n) is 9.67. The van der Waals surface area contributed by atoms with Crippen LogP contribution in [0.1, 0.15) is 26.2 Å². The van der Waals surface area contributed by atoms with Crippen LogP contribution >= 0.6 is 23.2 Å². The van der Waals surface area contributed by atoms with Crippen LogP contribution in [0.2, 0.25) is 10.0 Å². The lowest BCUT2D eigenvalue weighted by Gasteiger charge is -2.20. The van der Waals surface area contributed by atoms with Gasteiger partial charge in [0, 0.05) is 26.1 Å². The van der Waals surface area contributed by atoms with Crippen LogP contribution in [-0.2, 0) is 16.7 Å². The van der Waals surface area contributed by atoms with Crippen molar-refractivity contribution in [2.75, 3.05) is 23.4 Å². The first-order valence-corrected chi connectivity index (χ1v) is 15.2. The van der Waals surface area contributed by atoms with Gasteiger partial charge < -0.3 is 18.8 Å². The number of anilines is 2. The van der Waals surface area contributed by atoms with E-state index in [-0.39, 0.29) is 6.42 Å². The van der Waals surface area contributed by atoms with Gasteiger partial charge >= 0.3 is 5.89 Å². The summed E-state index contributed by atoms with van der Waals surface area (Å²) in [7, 11) is -2.43. The first kappa shape index (κ1) is 28.2. The van der Waals surface area contributed by atoms with Gasteiger partial charge in [0.2, 0.25) is 5.58 Å². The number of rotatable bonds is 8. The van der Waals surface area contributed by atoms with Gasteiger partial charge in [0.15, 0.2) is 6.54 Å². The number of allylic oxidation sites excluding steroid dienone is 2. The number of aryl methyl sites for hydroxylation is 1. The van der Waals surface area contributed by atoms with Crippen molar-refractivity contribution < 1.29 is 22.0 Å². The molecule has 1 aromatic heterocycles. The summed E-state index contributed by atoms with van der Waals surface area (Å²) in [6.07, 6.45) is 5.87. The third-order valence-corrected chi connectivity index (χ3v) is 9.12. The largest absolute Gasteiger partial charge is 0.748 e. The highest BCUT2D eigenvalue weighted by molar-refractivity contribution is 7.86. The number of benzene rings is 3. The Hall–Kier alpha value is -3.30. The summed E-state index contributed by atoms with van der Waals surface area (Å²) in [4.78, 5) is 4.19. The smallest absolute Gasteiger partial charge is 0.374 e. The average molecular weight is 599 g/mol. The molecule has 0 saturated carbocycles. The van der Waals surface area contributed by atoms with Crippen molar-refractivity contribution in [1.82, 2.24) is 0 Å². The zero-order chi connectivity index (χ0) is 28.6. The van der Waals surface area contributed by atoms with E-state index in [0.29, 0.717) is 28.1 Å². The fraction of sp³-hybridized carbons (Fsp3) is 0.233. The number of oxazole rings is 1. The van der Waals surface area contributed by atoms with Crippen LogP contribution in [0, 0.1) is 0 Å². The average Bonchev–Trinajstić information content (AvgIpc) is 3.40. The Kier molecular flexibility index (Phi) is 7.97. The quantitative estimate of drug-likeness (QED) is 0.163. The molecule has 0 radical (unpaired) electrons. The van der Waals surface area contributed by atoms with Crippen LogP contribution in [0.15, 0.2) is 83.1 Å². The van der Waals surface area contributed by atoms with Crippen molar-refractivity contribution in [3.8, 4) is 11.1 Å². The third-order valence-electron chi connectivity index (χ3n) is 7.18. The summed E-state index contributed by atoms with van der Waals surface area (Å²) in [5, 5.41) is -0.0344.